The normalized spacial score (nSPS) is 12.9. The molecule has 0 fully saturated rings. The van der Waals surface area contributed by atoms with Crippen LogP contribution in [0.15, 0.2) is 17.2 Å². The highest BCUT2D eigenvalue weighted by molar-refractivity contribution is 4.83. The van der Waals surface area contributed by atoms with Gasteiger partial charge in [-0.2, -0.15) is 0 Å². The number of rotatable bonds is 8. The van der Waals surface area contributed by atoms with Gasteiger partial charge in [0.2, 0.25) is 0 Å². The van der Waals surface area contributed by atoms with Crippen LogP contribution in [0.1, 0.15) is 40.0 Å². The van der Waals surface area contributed by atoms with Crippen molar-refractivity contribution in [2.24, 2.45) is 0 Å². The standard InChI is InChI=1S/C13H25N3O/c1-4-7-12(14-6-3)11-16-10-9-15(8-5-2)13(16)17/h9-10,12,14H,4-8,11H2,1-3H3. The van der Waals surface area contributed by atoms with Crippen LogP contribution in [0.5, 0.6) is 0 Å². The van der Waals surface area contributed by atoms with Crippen LogP contribution in [0.3, 0.4) is 0 Å². The summed E-state index contributed by atoms with van der Waals surface area (Å²) < 4.78 is 3.60. The van der Waals surface area contributed by atoms with Crippen LogP contribution < -0.4 is 11.0 Å². The average molecular weight is 239 g/mol. The lowest BCUT2D eigenvalue weighted by Crippen LogP contribution is -2.36. The zero-order chi connectivity index (χ0) is 12.7. The average Bonchev–Trinajstić information content (AvgIpc) is 2.63. The van der Waals surface area contributed by atoms with Gasteiger partial charge < -0.3 is 5.32 Å². The molecule has 0 aromatic carbocycles. The molecule has 0 saturated heterocycles. The van der Waals surface area contributed by atoms with Gasteiger partial charge in [-0.15, -0.1) is 0 Å². The Hall–Kier alpha value is -1.03. The molecule has 0 radical (unpaired) electrons. The highest BCUT2D eigenvalue weighted by Gasteiger charge is 2.09. The fourth-order valence-corrected chi connectivity index (χ4v) is 2.14. The predicted octanol–water partition coefficient (Wildman–Crippen LogP) is 1.84. The Bertz CT molecular complexity index is 361. The summed E-state index contributed by atoms with van der Waals surface area (Å²) in [6, 6.07) is 0.403. The van der Waals surface area contributed by atoms with Gasteiger partial charge in [-0.3, -0.25) is 9.13 Å². The van der Waals surface area contributed by atoms with Crippen LogP contribution in [-0.4, -0.2) is 21.7 Å². The molecule has 0 aliphatic carbocycles. The lowest BCUT2D eigenvalue weighted by atomic mass is 10.1. The van der Waals surface area contributed by atoms with Gasteiger partial charge in [0.25, 0.3) is 0 Å². The number of hydrogen-bond donors (Lipinski definition) is 1. The minimum Gasteiger partial charge on any atom is -0.312 e. The minimum atomic E-state index is 0.117. The van der Waals surface area contributed by atoms with Crippen LogP contribution in [0.25, 0.3) is 0 Å². The molecule has 1 aromatic heterocycles. The van der Waals surface area contributed by atoms with Gasteiger partial charge in [0, 0.05) is 31.5 Å². The highest BCUT2D eigenvalue weighted by atomic mass is 16.1. The molecule has 0 amide bonds. The number of nitrogens with one attached hydrogen (secondary N) is 1. The summed E-state index contributed by atoms with van der Waals surface area (Å²) in [6.45, 7) is 8.91. The Balaban J connectivity index is 2.68. The van der Waals surface area contributed by atoms with E-state index in [2.05, 4.69) is 26.1 Å². The lowest BCUT2D eigenvalue weighted by molar-refractivity contribution is 0.420. The van der Waals surface area contributed by atoms with E-state index in [1.165, 1.54) is 0 Å². The van der Waals surface area contributed by atoms with Gasteiger partial charge >= 0.3 is 5.69 Å². The van der Waals surface area contributed by atoms with Gasteiger partial charge in [0.1, 0.15) is 0 Å². The number of aryl methyl sites for hydroxylation is 1. The summed E-state index contributed by atoms with van der Waals surface area (Å²) in [4.78, 5) is 12.0. The Labute approximate surface area is 104 Å². The molecule has 4 heteroatoms. The zero-order valence-electron chi connectivity index (χ0n) is 11.3. The molecule has 1 rings (SSSR count). The van der Waals surface area contributed by atoms with Crippen LogP contribution in [0.4, 0.5) is 0 Å². The number of likely N-dealkylation sites (N-methyl/N-ethyl adjacent to an activating group) is 1. The largest absolute Gasteiger partial charge is 0.328 e. The summed E-state index contributed by atoms with van der Waals surface area (Å²) in [6.07, 6.45) is 7.04. The second-order valence-electron chi connectivity index (χ2n) is 4.47. The zero-order valence-corrected chi connectivity index (χ0v) is 11.3. The SMILES string of the molecule is CCCC(Cn1ccn(CCC)c1=O)NCC. The molecule has 98 valence electrons. The Morgan fingerprint density at radius 2 is 1.88 bits per heavy atom. The molecule has 0 aliphatic heterocycles. The van der Waals surface area contributed by atoms with Crippen molar-refractivity contribution >= 4 is 0 Å². The summed E-state index contributed by atoms with van der Waals surface area (Å²) in [5, 5.41) is 3.43. The third-order valence-electron chi connectivity index (χ3n) is 2.93. The molecule has 1 aromatic rings. The molecule has 1 heterocycles. The van der Waals surface area contributed by atoms with Crippen molar-refractivity contribution in [1.29, 1.82) is 0 Å². The summed E-state index contributed by atoms with van der Waals surface area (Å²) >= 11 is 0. The summed E-state index contributed by atoms with van der Waals surface area (Å²) in [5.74, 6) is 0. The van der Waals surface area contributed by atoms with Crippen molar-refractivity contribution < 1.29 is 0 Å². The van der Waals surface area contributed by atoms with E-state index in [0.29, 0.717) is 6.04 Å². The van der Waals surface area contributed by atoms with Crippen LogP contribution in [0, 0.1) is 0 Å². The first-order valence-electron chi connectivity index (χ1n) is 6.71. The van der Waals surface area contributed by atoms with E-state index in [0.717, 1.165) is 38.9 Å². The molecule has 0 spiro atoms. The van der Waals surface area contributed by atoms with E-state index >= 15 is 0 Å². The highest BCUT2D eigenvalue weighted by Crippen LogP contribution is 2.00. The van der Waals surface area contributed by atoms with Crippen molar-refractivity contribution in [2.75, 3.05) is 6.54 Å². The fraction of sp³-hybridized carbons (Fsp3) is 0.769. The first-order chi connectivity index (χ1) is 8.22. The summed E-state index contributed by atoms with van der Waals surface area (Å²) in [5.41, 5.74) is 0.117. The second-order valence-corrected chi connectivity index (χ2v) is 4.47. The van der Waals surface area contributed by atoms with Gasteiger partial charge in [0.05, 0.1) is 0 Å². The van der Waals surface area contributed by atoms with Gasteiger partial charge in [0.15, 0.2) is 0 Å². The topological polar surface area (TPSA) is 39.0 Å². The minimum absolute atomic E-state index is 0.117. The van der Waals surface area contributed by atoms with Crippen LogP contribution >= 0.6 is 0 Å². The van der Waals surface area contributed by atoms with Crippen molar-refractivity contribution in [2.45, 2.75) is 59.2 Å². The third kappa shape index (κ3) is 4.04. The van der Waals surface area contributed by atoms with Gasteiger partial charge in [-0.25, -0.2) is 4.79 Å². The molecule has 1 unspecified atom stereocenters. The Kier molecular flexibility index (Phi) is 6.05. The number of nitrogens with zero attached hydrogens (tertiary/aromatic N) is 2. The molecular weight excluding hydrogens is 214 g/mol. The van der Waals surface area contributed by atoms with Gasteiger partial charge in [-0.05, 0) is 19.4 Å². The molecule has 4 nitrogen and oxygen atoms in total. The van der Waals surface area contributed by atoms with E-state index in [9.17, 15) is 4.79 Å². The van der Waals surface area contributed by atoms with E-state index < -0.39 is 0 Å². The van der Waals surface area contributed by atoms with E-state index in [1.807, 2.05) is 17.0 Å². The Morgan fingerprint density at radius 3 is 2.47 bits per heavy atom. The maximum Gasteiger partial charge on any atom is 0.328 e. The molecule has 0 bridgehead atoms. The van der Waals surface area contributed by atoms with E-state index in [-0.39, 0.29) is 5.69 Å². The first kappa shape index (κ1) is 14.0. The second kappa shape index (κ2) is 7.33. The predicted molar refractivity (Wildman–Crippen MR) is 71.4 cm³/mol. The molecule has 0 saturated carbocycles. The number of hydrogen-bond acceptors (Lipinski definition) is 2. The summed E-state index contributed by atoms with van der Waals surface area (Å²) in [7, 11) is 0. The first-order valence-corrected chi connectivity index (χ1v) is 6.71. The Morgan fingerprint density at radius 1 is 1.18 bits per heavy atom. The van der Waals surface area contributed by atoms with Crippen LogP contribution in [-0.2, 0) is 13.1 Å². The lowest BCUT2D eigenvalue weighted by Gasteiger charge is -2.16. The quantitative estimate of drug-likeness (QED) is 0.752. The number of imidazole rings is 1. The molecule has 1 atom stereocenters. The van der Waals surface area contributed by atoms with Crippen LogP contribution in [0.2, 0.25) is 0 Å². The van der Waals surface area contributed by atoms with Crippen molar-refractivity contribution in [3.63, 3.8) is 0 Å². The van der Waals surface area contributed by atoms with Crippen molar-refractivity contribution in [3.05, 3.63) is 22.9 Å². The maximum atomic E-state index is 12.0. The van der Waals surface area contributed by atoms with E-state index in [1.54, 1.807) is 4.57 Å². The molecule has 17 heavy (non-hydrogen) atoms. The molecular formula is C13H25N3O. The van der Waals surface area contributed by atoms with Crippen molar-refractivity contribution in [1.82, 2.24) is 14.5 Å². The number of aromatic nitrogens is 2. The fourth-order valence-electron chi connectivity index (χ4n) is 2.14. The molecule has 0 aliphatic rings. The van der Waals surface area contributed by atoms with Gasteiger partial charge in [-0.1, -0.05) is 27.2 Å². The molecule has 1 N–H and O–H groups in total. The van der Waals surface area contributed by atoms with E-state index in [4.69, 9.17) is 0 Å². The van der Waals surface area contributed by atoms with Crippen molar-refractivity contribution in [3.8, 4) is 0 Å². The third-order valence-corrected chi connectivity index (χ3v) is 2.93. The smallest absolute Gasteiger partial charge is 0.312 e. The maximum absolute atomic E-state index is 12.0. The monoisotopic (exact) mass is 239 g/mol.